The van der Waals surface area contributed by atoms with Crippen LogP contribution in [0.4, 0.5) is 0 Å². The topological polar surface area (TPSA) is 66.6 Å². The molecule has 5 heteroatoms. The first kappa shape index (κ1) is 11.2. The van der Waals surface area contributed by atoms with E-state index in [4.69, 9.17) is 5.73 Å². The zero-order chi connectivity index (χ0) is 12.0. The number of likely N-dealkylation sites (tertiary alicyclic amines) is 2. The smallest absolute Gasteiger partial charge is 0.233 e. The van der Waals surface area contributed by atoms with E-state index in [0.29, 0.717) is 6.54 Å². The van der Waals surface area contributed by atoms with Crippen LogP contribution in [0.1, 0.15) is 19.3 Å². The number of nitrogens with two attached hydrogens (primary N) is 1. The minimum absolute atomic E-state index is 0.0459. The molecule has 94 valence electrons. The lowest BCUT2D eigenvalue weighted by atomic mass is 10.0. The van der Waals surface area contributed by atoms with E-state index in [2.05, 4.69) is 4.90 Å². The number of piperidine rings is 2. The highest BCUT2D eigenvalue weighted by molar-refractivity contribution is 6.09. The zero-order valence-corrected chi connectivity index (χ0v) is 9.97. The second kappa shape index (κ2) is 4.07. The molecular weight excluding hydrogens is 218 g/mol. The van der Waals surface area contributed by atoms with Gasteiger partial charge in [-0.15, -0.1) is 0 Å². The number of hydrogen-bond acceptors (Lipinski definition) is 4. The van der Waals surface area contributed by atoms with E-state index in [0.717, 1.165) is 38.9 Å². The summed E-state index contributed by atoms with van der Waals surface area (Å²) in [5.74, 6) is 0.281. The third-order valence-corrected chi connectivity index (χ3v) is 4.27. The molecule has 0 aromatic carbocycles. The summed E-state index contributed by atoms with van der Waals surface area (Å²) >= 11 is 0. The normalized spacial score (nSPS) is 34.3. The third kappa shape index (κ3) is 1.77. The number of amides is 2. The summed E-state index contributed by atoms with van der Waals surface area (Å²) in [7, 11) is 0. The average Bonchev–Trinajstić information content (AvgIpc) is 3.07. The maximum absolute atomic E-state index is 11.9. The molecule has 2 aliphatic heterocycles. The van der Waals surface area contributed by atoms with Crippen LogP contribution in [-0.2, 0) is 9.59 Å². The Morgan fingerprint density at radius 3 is 2.24 bits per heavy atom. The minimum atomic E-state index is 0.0459. The van der Waals surface area contributed by atoms with Gasteiger partial charge in [-0.3, -0.25) is 14.5 Å². The van der Waals surface area contributed by atoms with Gasteiger partial charge in [-0.05, 0) is 19.3 Å². The molecule has 3 aliphatic rings. The van der Waals surface area contributed by atoms with Crippen LogP contribution in [0, 0.1) is 11.8 Å². The molecule has 3 rings (SSSR count). The van der Waals surface area contributed by atoms with Crippen LogP contribution in [0.5, 0.6) is 0 Å². The van der Waals surface area contributed by atoms with Crippen molar-refractivity contribution in [3.63, 3.8) is 0 Å². The summed E-state index contributed by atoms with van der Waals surface area (Å²) in [4.78, 5) is 27.7. The molecule has 1 aliphatic carbocycles. The van der Waals surface area contributed by atoms with Gasteiger partial charge in [0.15, 0.2) is 0 Å². The summed E-state index contributed by atoms with van der Waals surface area (Å²) in [5.41, 5.74) is 5.52. The summed E-state index contributed by atoms with van der Waals surface area (Å²) < 4.78 is 0. The summed E-state index contributed by atoms with van der Waals surface area (Å²) in [5, 5.41) is 0. The van der Waals surface area contributed by atoms with Gasteiger partial charge in [0.25, 0.3) is 0 Å². The van der Waals surface area contributed by atoms with Gasteiger partial charge < -0.3 is 10.6 Å². The predicted octanol–water partition coefficient (Wildman–Crippen LogP) is -0.586. The first-order chi connectivity index (χ1) is 8.22. The van der Waals surface area contributed by atoms with Crippen molar-refractivity contribution >= 4 is 11.8 Å². The van der Waals surface area contributed by atoms with Gasteiger partial charge >= 0.3 is 0 Å². The minimum Gasteiger partial charge on any atom is -0.329 e. The fraction of sp³-hybridized carbons (Fsp3) is 0.833. The number of imide groups is 1. The van der Waals surface area contributed by atoms with Gasteiger partial charge in [0, 0.05) is 32.2 Å². The highest BCUT2D eigenvalue weighted by atomic mass is 16.2. The van der Waals surface area contributed by atoms with Gasteiger partial charge in [-0.2, -0.15) is 0 Å². The second-order valence-corrected chi connectivity index (χ2v) is 5.36. The predicted molar refractivity (Wildman–Crippen MR) is 62.0 cm³/mol. The Morgan fingerprint density at radius 1 is 1.12 bits per heavy atom. The lowest BCUT2D eigenvalue weighted by Gasteiger charge is -2.36. The molecule has 2 unspecified atom stereocenters. The monoisotopic (exact) mass is 237 g/mol. The van der Waals surface area contributed by atoms with Crippen molar-refractivity contribution in [2.75, 3.05) is 26.2 Å². The Hall–Kier alpha value is -0.940. The van der Waals surface area contributed by atoms with Crippen LogP contribution in [0.2, 0.25) is 0 Å². The fourth-order valence-corrected chi connectivity index (χ4v) is 3.15. The molecule has 0 aromatic rings. The van der Waals surface area contributed by atoms with Crippen LogP contribution in [0.3, 0.4) is 0 Å². The number of hydrogen-bond donors (Lipinski definition) is 1. The largest absolute Gasteiger partial charge is 0.329 e. The number of fused-ring (bicyclic) bond motifs is 1. The van der Waals surface area contributed by atoms with E-state index >= 15 is 0 Å². The zero-order valence-electron chi connectivity index (χ0n) is 9.97. The highest BCUT2D eigenvalue weighted by Gasteiger charge is 2.60. The SMILES string of the molecule is NCCN1CCC(N2C(=O)C3CC3C2=O)CC1. The molecule has 2 heterocycles. The molecule has 0 radical (unpaired) electrons. The van der Waals surface area contributed by atoms with Crippen molar-refractivity contribution in [3.05, 3.63) is 0 Å². The maximum Gasteiger partial charge on any atom is 0.233 e. The first-order valence-corrected chi connectivity index (χ1v) is 6.51. The van der Waals surface area contributed by atoms with Gasteiger partial charge in [-0.25, -0.2) is 0 Å². The Kier molecular flexibility index (Phi) is 2.67. The van der Waals surface area contributed by atoms with Crippen molar-refractivity contribution < 1.29 is 9.59 Å². The summed E-state index contributed by atoms with van der Waals surface area (Å²) in [6.07, 6.45) is 2.63. The number of carbonyl (C=O) groups excluding carboxylic acids is 2. The van der Waals surface area contributed by atoms with Crippen molar-refractivity contribution in [1.29, 1.82) is 0 Å². The van der Waals surface area contributed by atoms with Crippen LogP contribution in [0.25, 0.3) is 0 Å². The quantitative estimate of drug-likeness (QED) is 0.667. The number of nitrogens with zero attached hydrogens (tertiary/aromatic N) is 2. The summed E-state index contributed by atoms with van der Waals surface area (Å²) in [6, 6.07) is 0.150. The van der Waals surface area contributed by atoms with Crippen LogP contribution in [-0.4, -0.2) is 53.8 Å². The first-order valence-electron chi connectivity index (χ1n) is 6.51. The lowest BCUT2D eigenvalue weighted by molar-refractivity contribution is -0.145. The number of carbonyl (C=O) groups is 2. The molecule has 2 amide bonds. The van der Waals surface area contributed by atoms with Crippen LogP contribution >= 0.6 is 0 Å². The Labute approximate surface area is 101 Å². The average molecular weight is 237 g/mol. The summed E-state index contributed by atoms with van der Waals surface area (Å²) in [6.45, 7) is 3.50. The molecule has 2 saturated heterocycles. The van der Waals surface area contributed by atoms with Gasteiger partial charge in [0.2, 0.25) is 11.8 Å². The van der Waals surface area contributed by atoms with E-state index in [1.54, 1.807) is 4.90 Å². The van der Waals surface area contributed by atoms with Crippen molar-refractivity contribution in [2.24, 2.45) is 17.6 Å². The van der Waals surface area contributed by atoms with E-state index in [1.807, 2.05) is 0 Å². The van der Waals surface area contributed by atoms with Gasteiger partial charge in [0.05, 0.1) is 11.8 Å². The Balaban J connectivity index is 1.60. The van der Waals surface area contributed by atoms with E-state index in [-0.39, 0.29) is 29.7 Å². The van der Waals surface area contributed by atoms with E-state index < -0.39 is 0 Å². The fourth-order valence-electron chi connectivity index (χ4n) is 3.15. The number of rotatable bonds is 3. The second-order valence-electron chi connectivity index (χ2n) is 5.36. The van der Waals surface area contributed by atoms with Crippen LogP contribution in [0.15, 0.2) is 0 Å². The van der Waals surface area contributed by atoms with Crippen LogP contribution < -0.4 is 5.73 Å². The van der Waals surface area contributed by atoms with Crippen molar-refractivity contribution in [3.8, 4) is 0 Å². The molecule has 5 nitrogen and oxygen atoms in total. The molecule has 3 fully saturated rings. The van der Waals surface area contributed by atoms with Crippen molar-refractivity contribution in [1.82, 2.24) is 9.80 Å². The van der Waals surface area contributed by atoms with E-state index in [1.165, 1.54) is 0 Å². The molecule has 2 atom stereocenters. The molecule has 0 spiro atoms. The van der Waals surface area contributed by atoms with Gasteiger partial charge in [-0.1, -0.05) is 0 Å². The molecule has 2 N–H and O–H groups in total. The lowest BCUT2D eigenvalue weighted by Crippen LogP contribution is -2.49. The maximum atomic E-state index is 11.9. The van der Waals surface area contributed by atoms with Crippen molar-refractivity contribution in [2.45, 2.75) is 25.3 Å². The Morgan fingerprint density at radius 2 is 1.71 bits per heavy atom. The molecule has 17 heavy (non-hydrogen) atoms. The van der Waals surface area contributed by atoms with Gasteiger partial charge in [0.1, 0.15) is 0 Å². The Bertz CT molecular complexity index is 330. The van der Waals surface area contributed by atoms with E-state index in [9.17, 15) is 9.59 Å². The molecule has 0 aromatic heterocycles. The standard InChI is InChI=1S/C12H19N3O2/c13-3-6-14-4-1-8(2-5-14)15-11(16)9-7-10(9)12(15)17/h8-10H,1-7,13H2. The molecule has 0 bridgehead atoms. The molecule has 1 saturated carbocycles. The highest BCUT2D eigenvalue weighted by Crippen LogP contribution is 2.48. The molecular formula is C12H19N3O2. The third-order valence-electron chi connectivity index (χ3n) is 4.27.